The highest BCUT2D eigenvalue weighted by molar-refractivity contribution is 6.52. The molecule has 4 heteroatoms. The van der Waals surface area contributed by atoms with Crippen molar-refractivity contribution in [2.45, 2.75) is 24.1 Å². The highest BCUT2D eigenvalue weighted by Crippen LogP contribution is 2.53. The van der Waals surface area contributed by atoms with Crippen LogP contribution in [0.4, 0.5) is 5.69 Å². The number of hydrogen-bond acceptors (Lipinski definition) is 1. The van der Waals surface area contributed by atoms with Gasteiger partial charge in [0.05, 0.1) is 5.92 Å². The Hall–Kier alpha value is -0.730. The van der Waals surface area contributed by atoms with Crippen molar-refractivity contribution in [3.63, 3.8) is 0 Å². The second kappa shape index (κ2) is 4.27. The van der Waals surface area contributed by atoms with E-state index in [4.69, 9.17) is 23.2 Å². The minimum absolute atomic E-state index is 0.0918. The van der Waals surface area contributed by atoms with Gasteiger partial charge in [-0.1, -0.05) is 25.1 Å². The summed E-state index contributed by atoms with van der Waals surface area (Å²) < 4.78 is -0.856. The van der Waals surface area contributed by atoms with Crippen molar-refractivity contribution >= 4 is 34.8 Å². The number of para-hydroxylation sites is 1. The number of nitrogens with one attached hydrogen (secondary N) is 1. The van der Waals surface area contributed by atoms with Gasteiger partial charge < -0.3 is 5.32 Å². The smallest absolute Gasteiger partial charge is 0.230 e. The summed E-state index contributed by atoms with van der Waals surface area (Å²) in [6, 6.07) is 7.75. The molecule has 0 heterocycles. The number of aryl methyl sites for hydroxylation is 1. The average molecular weight is 258 g/mol. The van der Waals surface area contributed by atoms with E-state index in [9.17, 15) is 4.79 Å². The van der Waals surface area contributed by atoms with Gasteiger partial charge in [-0.3, -0.25) is 4.79 Å². The molecule has 86 valence electrons. The topological polar surface area (TPSA) is 29.1 Å². The molecular formula is C12H13Cl2NO. The Morgan fingerprint density at radius 1 is 1.50 bits per heavy atom. The highest BCUT2D eigenvalue weighted by atomic mass is 35.5. The van der Waals surface area contributed by atoms with Crippen molar-refractivity contribution in [2.24, 2.45) is 5.92 Å². The SMILES string of the molecule is CCc1ccccc1NC(=O)C1CC1(Cl)Cl. The monoisotopic (exact) mass is 257 g/mol. The second-order valence-corrected chi connectivity index (χ2v) is 5.56. The highest BCUT2D eigenvalue weighted by Gasteiger charge is 2.56. The van der Waals surface area contributed by atoms with Crippen LogP contribution in [0.15, 0.2) is 24.3 Å². The molecular weight excluding hydrogens is 245 g/mol. The minimum Gasteiger partial charge on any atom is -0.326 e. The molecule has 0 aliphatic heterocycles. The molecule has 1 aromatic rings. The normalized spacial score (nSPS) is 21.6. The van der Waals surface area contributed by atoms with Gasteiger partial charge >= 0.3 is 0 Å². The molecule has 0 saturated heterocycles. The third-order valence-electron chi connectivity index (χ3n) is 2.80. The second-order valence-electron chi connectivity index (χ2n) is 4.02. The summed E-state index contributed by atoms with van der Waals surface area (Å²) in [7, 11) is 0. The van der Waals surface area contributed by atoms with Crippen LogP contribution in [0, 0.1) is 5.92 Å². The Balaban J connectivity index is 2.07. The number of benzene rings is 1. The largest absolute Gasteiger partial charge is 0.326 e. The lowest BCUT2D eigenvalue weighted by Gasteiger charge is -2.09. The van der Waals surface area contributed by atoms with E-state index in [-0.39, 0.29) is 11.8 Å². The molecule has 1 aliphatic rings. The zero-order chi connectivity index (χ0) is 11.8. The van der Waals surface area contributed by atoms with E-state index in [0.717, 1.165) is 17.7 Å². The Labute approximate surface area is 105 Å². The lowest BCUT2D eigenvalue weighted by molar-refractivity contribution is -0.117. The average Bonchev–Trinajstić information content (AvgIpc) is 2.89. The summed E-state index contributed by atoms with van der Waals surface area (Å²) in [6.07, 6.45) is 1.42. The maximum Gasteiger partial charge on any atom is 0.230 e. The fourth-order valence-corrected chi connectivity index (χ4v) is 2.17. The molecule has 1 amide bonds. The molecule has 0 aromatic heterocycles. The Bertz CT molecular complexity index is 417. The van der Waals surface area contributed by atoms with E-state index in [1.54, 1.807) is 0 Å². The summed E-state index contributed by atoms with van der Waals surface area (Å²) in [4.78, 5) is 11.8. The standard InChI is InChI=1S/C12H13Cl2NO/c1-2-8-5-3-4-6-10(8)15-11(16)9-7-12(9,13)14/h3-6,9H,2,7H2,1H3,(H,15,16). The van der Waals surface area contributed by atoms with Gasteiger partial charge in [-0.15, -0.1) is 23.2 Å². The molecule has 1 unspecified atom stereocenters. The van der Waals surface area contributed by atoms with Crippen molar-refractivity contribution in [1.82, 2.24) is 0 Å². The third kappa shape index (κ3) is 2.33. The van der Waals surface area contributed by atoms with E-state index in [1.807, 2.05) is 24.3 Å². The molecule has 0 bridgehead atoms. The summed E-state index contributed by atoms with van der Waals surface area (Å²) in [5, 5.41) is 2.87. The number of carbonyl (C=O) groups is 1. The molecule has 0 spiro atoms. The lowest BCUT2D eigenvalue weighted by Crippen LogP contribution is -2.17. The number of alkyl halides is 2. The van der Waals surface area contributed by atoms with Gasteiger partial charge in [0, 0.05) is 5.69 Å². The number of hydrogen-bond donors (Lipinski definition) is 1. The van der Waals surface area contributed by atoms with Gasteiger partial charge in [0.15, 0.2) is 0 Å². The third-order valence-corrected chi connectivity index (χ3v) is 3.63. The number of anilines is 1. The van der Waals surface area contributed by atoms with Crippen LogP contribution in [0.5, 0.6) is 0 Å². The van der Waals surface area contributed by atoms with Crippen LogP contribution in [-0.2, 0) is 11.2 Å². The van der Waals surface area contributed by atoms with E-state index in [1.165, 1.54) is 0 Å². The van der Waals surface area contributed by atoms with Gasteiger partial charge in [-0.2, -0.15) is 0 Å². The Morgan fingerprint density at radius 3 is 2.69 bits per heavy atom. The number of rotatable bonds is 3. The fourth-order valence-electron chi connectivity index (χ4n) is 1.67. The predicted molar refractivity (Wildman–Crippen MR) is 67.0 cm³/mol. The molecule has 1 N–H and O–H groups in total. The molecule has 2 rings (SSSR count). The van der Waals surface area contributed by atoms with Crippen molar-refractivity contribution in [3.05, 3.63) is 29.8 Å². The molecule has 1 fully saturated rings. The van der Waals surface area contributed by atoms with E-state index in [2.05, 4.69) is 12.2 Å². The van der Waals surface area contributed by atoms with Crippen molar-refractivity contribution in [2.75, 3.05) is 5.32 Å². The Kier molecular flexibility index (Phi) is 3.13. The molecule has 16 heavy (non-hydrogen) atoms. The molecule has 2 nitrogen and oxygen atoms in total. The van der Waals surface area contributed by atoms with Gasteiger partial charge in [0.2, 0.25) is 5.91 Å². The first-order valence-electron chi connectivity index (χ1n) is 5.31. The van der Waals surface area contributed by atoms with Crippen molar-refractivity contribution in [1.29, 1.82) is 0 Å². The predicted octanol–water partition coefficient (Wildman–Crippen LogP) is 3.38. The number of amides is 1. The number of halogens is 2. The summed E-state index contributed by atoms with van der Waals surface area (Å²) in [5.41, 5.74) is 1.97. The van der Waals surface area contributed by atoms with Crippen LogP contribution < -0.4 is 5.32 Å². The molecule has 1 saturated carbocycles. The first kappa shape index (κ1) is 11.7. The summed E-state index contributed by atoms with van der Waals surface area (Å²) in [5.74, 6) is -0.369. The summed E-state index contributed by atoms with van der Waals surface area (Å²) in [6.45, 7) is 2.05. The summed E-state index contributed by atoms with van der Waals surface area (Å²) >= 11 is 11.7. The first-order valence-corrected chi connectivity index (χ1v) is 6.07. The minimum atomic E-state index is -0.856. The zero-order valence-electron chi connectivity index (χ0n) is 8.97. The van der Waals surface area contributed by atoms with E-state index < -0.39 is 4.33 Å². The van der Waals surface area contributed by atoms with Crippen LogP contribution in [0.3, 0.4) is 0 Å². The number of carbonyl (C=O) groups excluding carboxylic acids is 1. The maximum atomic E-state index is 11.8. The molecule has 1 aromatic carbocycles. The van der Waals surface area contributed by atoms with Crippen LogP contribution >= 0.6 is 23.2 Å². The van der Waals surface area contributed by atoms with Crippen LogP contribution in [-0.4, -0.2) is 10.2 Å². The molecule has 1 aliphatic carbocycles. The lowest BCUT2D eigenvalue weighted by atomic mass is 10.1. The van der Waals surface area contributed by atoms with Gasteiger partial charge in [-0.25, -0.2) is 0 Å². The quantitative estimate of drug-likeness (QED) is 0.827. The molecule has 1 atom stereocenters. The van der Waals surface area contributed by atoms with Crippen LogP contribution in [0.2, 0.25) is 0 Å². The van der Waals surface area contributed by atoms with Gasteiger partial charge in [0.25, 0.3) is 0 Å². The van der Waals surface area contributed by atoms with Gasteiger partial charge in [0.1, 0.15) is 4.33 Å². The zero-order valence-corrected chi connectivity index (χ0v) is 10.5. The first-order chi connectivity index (χ1) is 7.54. The van der Waals surface area contributed by atoms with E-state index >= 15 is 0 Å². The van der Waals surface area contributed by atoms with Crippen LogP contribution in [0.1, 0.15) is 18.9 Å². The fraction of sp³-hybridized carbons (Fsp3) is 0.417. The molecule has 0 radical (unpaired) electrons. The van der Waals surface area contributed by atoms with Gasteiger partial charge in [-0.05, 0) is 24.5 Å². The van der Waals surface area contributed by atoms with Crippen LogP contribution in [0.25, 0.3) is 0 Å². The van der Waals surface area contributed by atoms with E-state index in [0.29, 0.717) is 6.42 Å². The van der Waals surface area contributed by atoms with Crippen molar-refractivity contribution < 1.29 is 4.79 Å². The van der Waals surface area contributed by atoms with Crippen molar-refractivity contribution in [3.8, 4) is 0 Å². The maximum absolute atomic E-state index is 11.8. The Morgan fingerprint density at radius 2 is 2.12 bits per heavy atom.